The summed E-state index contributed by atoms with van der Waals surface area (Å²) in [7, 11) is 0. The van der Waals surface area contributed by atoms with Crippen LogP contribution in [-0.4, -0.2) is 43.1 Å². The lowest BCUT2D eigenvalue weighted by Gasteiger charge is -2.17. The third-order valence-corrected chi connectivity index (χ3v) is 2.04. The number of hydrogen-bond acceptors (Lipinski definition) is 3. The summed E-state index contributed by atoms with van der Waals surface area (Å²) in [5.74, 6) is 0. The monoisotopic (exact) mass is 198 g/mol. The minimum atomic E-state index is -4.51. The molecular formula is C7H13F3N2O. The van der Waals surface area contributed by atoms with Gasteiger partial charge in [-0.2, -0.15) is 13.2 Å². The quantitative estimate of drug-likeness (QED) is 0.591. The summed E-state index contributed by atoms with van der Waals surface area (Å²) < 4.78 is 35.5. The maximum atomic E-state index is 11.8. The second-order valence-corrected chi connectivity index (χ2v) is 3.16. The predicted octanol–water partition coefficient (Wildman–Crippen LogP) is -0.139. The Morgan fingerprint density at radius 3 is 2.69 bits per heavy atom. The molecule has 13 heavy (non-hydrogen) atoms. The number of aliphatic hydroxyl groups excluding tert-OH is 1. The van der Waals surface area contributed by atoms with E-state index in [0.717, 1.165) is 13.0 Å². The first-order valence-electron chi connectivity index (χ1n) is 4.19. The van der Waals surface area contributed by atoms with E-state index in [4.69, 9.17) is 5.11 Å². The van der Waals surface area contributed by atoms with Crippen molar-refractivity contribution in [1.82, 2.24) is 10.6 Å². The Morgan fingerprint density at radius 2 is 2.23 bits per heavy atom. The van der Waals surface area contributed by atoms with Crippen LogP contribution in [0.5, 0.6) is 0 Å². The van der Waals surface area contributed by atoms with E-state index in [2.05, 4.69) is 10.6 Å². The van der Waals surface area contributed by atoms with E-state index in [1.807, 2.05) is 0 Å². The molecule has 0 radical (unpaired) electrons. The van der Waals surface area contributed by atoms with Crippen LogP contribution in [0.3, 0.4) is 0 Å². The number of aliphatic hydroxyl groups is 1. The molecule has 0 aliphatic carbocycles. The van der Waals surface area contributed by atoms with E-state index < -0.39 is 18.8 Å². The smallest absolute Gasteiger partial charge is 0.382 e. The minimum absolute atomic E-state index is 0.0528. The van der Waals surface area contributed by atoms with Crippen LogP contribution < -0.4 is 10.6 Å². The first kappa shape index (κ1) is 10.7. The average Bonchev–Trinajstić information content (AvgIpc) is 2.50. The zero-order valence-electron chi connectivity index (χ0n) is 7.06. The van der Waals surface area contributed by atoms with Crippen LogP contribution in [0.25, 0.3) is 0 Å². The lowest BCUT2D eigenvalue weighted by Crippen LogP contribution is -2.43. The fourth-order valence-corrected chi connectivity index (χ4v) is 1.22. The van der Waals surface area contributed by atoms with Crippen molar-refractivity contribution in [3.63, 3.8) is 0 Å². The molecule has 0 aromatic rings. The van der Waals surface area contributed by atoms with Crippen molar-refractivity contribution in [2.45, 2.75) is 24.7 Å². The summed E-state index contributed by atoms with van der Waals surface area (Å²) in [6, 6.07) is 0.0528. The zero-order valence-corrected chi connectivity index (χ0v) is 7.06. The molecule has 2 atom stereocenters. The van der Waals surface area contributed by atoms with E-state index in [-0.39, 0.29) is 6.04 Å². The fourth-order valence-electron chi connectivity index (χ4n) is 1.22. The molecule has 1 aliphatic rings. The third-order valence-electron chi connectivity index (χ3n) is 2.04. The lowest BCUT2D eigenvalue weighted by molar-refractivity contribution is -0.202. The van der Waals surface area contributed by atoms with Crippen LogP contribution in [0.4, 0.5) is 13.2 Å². The third kappa shape index (κ3) is 3.50. The van der Waals surface area contributed by atoms with E-state index >= 15 is 0 Å². The molecule has 1 heterocycles. The molecule has 0 amide bonds. The number of hydrogen-bond donors (Lipinski definition) is 3. The van der Waals surface area contributed by atoms with Crippen LogP contribution in [0, 0.1) is 0 Å². The van der Waals surface area contributed by atoms with E-state index in [0.29, 0.717) is 6.54 Å². The molecule has 1 aliphatic heterocycles. The number of nitrogens with one attached hydrogen (secondary N) is 2. The van der Waals surface area contributed by atoms with E-state index in [1.54, 1.807) is 0 Å². The summed E-state index contributed by atoms with van der Waals surface area (Å²) >= 11 is 0. The zero-order chi connectivity index (χ0) is 9.90. The summed E-state index contributed by atoms with van der Waals surface area (Å²) in [6.07, 6.45) is -5.96. The highest BCUT2D eigenvalue weighted by atomic mass is 19.4. The van der Waals surface area contributed by atoms with Crippen molar-refractivity contribution in [1.29, 1.82) is 0 Å². The standard InChI is InChI=1S/C7H13F3N2O/c8-7(9,10)6(13)4-12-5-1-2-11-3-5/h5-6,11-13H,1-4H2. The lowest BCUT2D eigenvalue weighted by atomic mass is 10.2. The van der Waals surface area contributed by atoms with Gasteiger partial charge < -0.3 is 15.7 Å². The summed E-state index contributed by atoms with van der Waals surface area (Å²) in [4.78, 5) is 0. The molecule has 2 unspecified atom stereocenters. The van der Waals surface area contributed by atoms with Gasteiger partial charge >= 0.3 is 6.18 Å². The van der Waals surface area contributed by atoms with Gasteiger partial charge in [-0.1, -0.05) is 0 Å². The Hall–Kier alpha value is -0.330. The molecule has 78 valence electrons. The van der Waals surface area contributed by atoms with Gasteiger partial charge in [0.05, 0.1) is 0 Å². The number of alkyl halides is 3. The molecule has 1 fully saturated rings. The maximum absolute atomic E-state index is 11.8. The van der Waals surface area contributed by atoms with Gasteiger partial charge in [0.2, 0.25) is 0 Å². The second-order valence-electron chi connectivity index (χ2n) is 3.16. The molecule has 3 N–H and O–H groups in total. The summed E-state index contributed by atoms with van der Waals surface area (Å²) in [5, 5.41) is 14.3. The Kier molecular flexibility index (Phi) is 3.52. The Bertz CT molecular complexity index is 156. The molecule has 0 saturated carbocycles. The fraction of sp³-hybridized carbons (Fsp3) is 1.00. The summed E-state index contributed by atoms with van der Waals surface area (Å²) in [6.45, 7) is 1.07. The van der Waals surface area contributed by atoms with Crippen molar-refractivity contribution in [2.24, 2.45) is 0 Å². The van der Waals surface area contributed by atoms with Gasteiger partial charge in [0.15, 0.2) is 6.10 Å². The molecule has 3 nitrogen and oxygen atoms in total. The van der Waals surface area contributed by atoms with Gasteiger partial charge in [-0.25, -0.2) is 0 Å². The topological polar surface area (TPSA) is 44.3 Å². The maximum Gasteiger partial charge on any atom is 0.415 e. The highest BCUT2D eigenvalue weighted by Gasteiger charge is 2.38. The van der Waals surface area contributed by atoms with Crippen molar-refractivity contribution >= 4 is 0 Å². The molecule has 6 heteroatoms. The van der Waals surface area contributed by atoms with Crippen LogP contribution in [0.1, 0.15) is 6.42 Å². The summed E-state index contributed by atoms with van der Waals surface area (Å²) in [5.41, 5.74) is 0. The molecular weight excluding hydrogens is 185 g/mol. The highest BCUT2D eigenvalue weighted by Crippen LogP contribution is 2.19. The normalized spacial score (nSPS) is 26.3. The van der Waals surface area contributed by atoms with Crippen LogP contribution in [0.15, 0.2) is 0 Å². The van der Waals surface area contributed by atoms with Gasteiger partial charge in [-0.05, 0) is 13.0 Å². The Labute approximate surface area is 74.3 Å². The molecule has 1 rings (SSSR count). The van der Waals surface area contributed by atoms with Crippen molar-refractivity contribution in [3.05, 3.63) is 0 Å². The predicted molar refractivity (Wildman–Crippen MR) is 41.3 cm³/mol. The number of halogens is 3. The molecule has 0 aromatic heterocycles. The van der Waals surface area contributed by atoms with Gasteiger partial charge in [0.1, 0.15) is 0 Å². The molecule has 0 bridgehead atoms. The highest BCUT2D eigenvalue weighted by molar-refractivity contribution is 4.79. The van der Waals surface area contributed by atoms with Crippen LogP contribution in [0.2, 0.25) is 0 Å². The Balaban J connectivity index is 2.17. The van der Waals surface area contributed by atoms with Crippen molar-refractivity contribution in [3.8, 4) is 0 Å². The molecule has 1 saturated heterocycles. The Morgan fingerprint density at radius 1 is 1.54 bits per heavy atom. The van der Waals surface area contributed by atoms with Gasteiger partial charge in [-0.3, -0.25) is 0 Å². The van der Waals surface area contributed by atoms with Crippen LogP contribution in [-0.2, 0) is 0 Å². The minimum Gasteiger partial charge on any atom is -0.382 e. The van der Waals surface area contributed by atoms with Gasteiger partial charge in [-0.15, -0.1) is 0 Å². The van der Waals surface area contributed by atoms with Gasteiger partial charge in [0.25, 0.3) is 0 Å². The SMILES string of the molecule is OC(CNC1CCNC1)C(F)(F)F. The second kappa shape index (κ2) is 4.26. The largest absolute Gasteiger partial charge is 0.415 e. The first-order valence-corrected chi connectivity index (χ1v) is 4.19. The first-order chi connectivity index (χ1) is 6.00. The molecule has 0 aromatic carbocycles. The van der Waals surface area contributed by atoms with Gasteiger partial charge in [0, 0.05) is 19.1 Å². The number of rotatable bonds is 3. The van der Waals surface area contributed by atoms with E-state index in [1.165, 1.54) is 0 Å². The molecule has 0 spiro atoms. The van der Waals surface area contributed by atoms with Crippen LogP contribution >= 0.6 is 0 Å². The van der Waals surface area contributed by atoms with E-state index in [9.17, 15) is 13.2 Å². The van der Waals surface area contributed by atoms with Crippen molar-refractivity contribution in [2.75, 3.05) is 19.6 Å². The van der Waals surface area contributed by atoms with Crippen molar-refractivity contribution < 1.29 is 18.3 Å². The average molecular weight is 198 g/mol.